The second-order valence-corrected chi connectivity index (χ2v) is 5.43. The van der Waals surface area contributed by atoms with Crippen molar-refractivity contribution in [2.24, 2.45) is 0 Å². The van der Waals surface area contributed by atoms with Crippen LogP contribution in [0.25, 0.3) is 0 Å². The monoisotopic (exact) mass is 301 g/mol. The zero-order valence-corrected chi connectivity index (χ0v) is 12.2. The SMILES string of the molecule is Cc1cc(C(=O)N2C[C@H](CO)OC[C@@H]2C)c(Cl)cc1F. The lowest BCUT2D eigenvalue weighted by molar-refractivity contribution is -0.0667. The van der Waals surface area contributed by atoms with E-state index in [-0.39, 0.29) is 29.1 Å². The Kier molecular flexibility index (Phi) is 4.62. The predicted octanol–water partition coefficient (Wildman–Crippen LogP) is 2.01. The topological polar surface area (TPSA) is 49.8 Å². The van der Waals surface area contributed by atoms with Crippen molar-refractivity contribution >= 4 is 17.5 Å². The van der Waals surface area contributed by atoms with Crippen LogP contribution in [0.4, 0.5) is 4.39 Å². The Morgan fingerprint density at radius 2 is 2.30 bits per heavy atom. The van der Waals surface area contributed by atoms with Gasteiger partial charge in [0.25, 0.3) is 5.91 Å². The van der Waals surface area contributed by atoms with Crippen LogP contribution in [0.15, 0.2) is 12.1 Å². The Morgan fingerprint density at radius 3 is 2.95 bits per heavy atom. The van der Waals surface area contributed by atoms with Gasteiger partial charge in [0.15, 0.2) is 0 Å². The molecule has 1 saturated heterocycles. The molecule has 1 fully saturated rings. The summed E-state index contributed by atoms with van der Waals surface area (Å²) in [5.41, 5.74) is 0.647. The Morgan fingerprint density at radius 1 is 1.60 bits per heavy atom. The third-order valence-corrected chi connectivity index (χ3v) is 3.76. The van der Waals surface area contributed by atoms with Crippen LogP contribution < -0.4 is 0 Å². The number of amides is 1. The molecule has 1 heterocycles. The lowest BCUT2D eigenvalue weighted by Crippen LogP contribution is -2.52. The molecule has 1 aliphatic heterocycles. The van der Waals surface area contributed by atoms with Gasteiger partial charge >= 0.3 is 0 Å². The van der Waals surface area contributed by atoms with Crippen LogP contribution in [0.2, 0.25) is 5.02 Å². The molecule has 2 rings (SSSR count). The van der Waals surface area contributed by atoms with Crippen molar-refractivity contribution in [3.63, 3.8) is 0 Å². The second kappa shape index (κ2) is 6.08. The molecule has 0 unspecified atom stereocenters. The number of hydrogen-bond donors (Lipinski definition) is 1. The fraction of sp³-hybridized carbons (Fsp3) is 0.500. The third-order valence-electron chi connectivity index (χ3n) is 3.45. The number of halogens is 2. The molecule has 0 aromatic heterocycles. The smallest absolute Gasteiger partial charge is 0.255 e. The molecular weight excluding hydrogens is 285 g/mol. The van der Waals surface area contributed by atoms with E-state index in [1.807, 2.05) is 6.92 Å². The number of hydrogen-bond acceptors (Lipinski definition) is 3. The molecule has 1 aliphatic rings. The molecule has 0 spiro atoms. The van der Waals surface area contributed by atoms with Crippen LogP contribution in [0.5, 0.6) is 0 Å². The van der Waals surface area contributed by atoms with Crippen molar-refractivity contribution in [3.05, 3.63) is 34.1 Å². The molecular formula is C14H17ClFNO3. The number of nitrogens with zero attached hydrogens (tertiary/aromatic N) is 1. The van der Waals surface area contributed by atoms with Gasteiger partial charge in [0, 0.05) is 6.54 Å². The molecule has 0 radical (unpaired) electrons. The molecule has 4 nitrogen and oxygen atoms in total. The third kappa shape index (κ3) is 2.95. The maximum absolute atomic E-state index is 13.4. The van der Waals surface area contributed by atoms with Crippen LogP contribution in [0, 0.1) is 12.7 Å². The molecule has 20 heavy (non-hydrogen) atoms. The fourth-order valence-electron chi connectivity index (χ4n) is 2.19. The zero-order chi connectivity index (χ0) is 14.9. The number of aliphatic hydroxyl groups is 1. The van der Waals surface area contributed by atoms with Crippen LogP contribution in [-0.4, -0.2) is 47.8 Å². The van der Waals surface area contributed by atoms with Crippen molar-refractivity contribution in [2.75, 3.05) is 19.8 Å². The van der Waals surface area contributed by atoms with E-state index in [1.54, 1.807) is 11.8 Å². The molecule has 6 heteroatoms. The number of morpholine rings is 1. The molecule has 110 valence electrons. The highest BCUT2D eigenvalue weighted by atomic mass is 35.5. The van der Waals surface area contributed by atoms with Crippen LogP contribution >= 0.6 is 11.6 Å². The van der Waals surface area contributed by atoms with Gasteiger partial charge in [0.2, 0.25) is 0 Å². The Labute approximate surface area is 122 Å². The van der Waals surface area contributed by atoms with Gasteiger partial charge in [-0.1, -0.05) is 11.6 Å². The van der Waals surface area contributed by atoms with Gasteiger partial charge in [-0.15, -0.1) is 0 Å². The van der Waals surface area contributed by atoms with Gasteiger partial charge in [0.05, 0.1) is 35.9 Å². The number of benzene rings is 1. The van der Waals surface area contributed by atoms with Gasteiger partial charge in [-0.25, -0.2) is 4.39 Å². The van der Waals surface area contributed by atoms with Crippen molar-refractivity contribution in [3.8, 4) is 0 Å². The fourth-order valence-corrected chi connectivity index (χ4v) is 2.42. The summed E-state index contributed by atoms with van der Waals surface area (Å²) in [5.74, 6) is -0.706. The maximum Gasteiger partial charge on any atom is 0.255 e. The lowest BCUT2D eigenvalue weighted by atomic mass is 10.1. The Hall–Kier alpha value is -1.17. The van der Waals surface area contributed by atoms with E-state index in [9.17, 15) is 9.18 Å². The summed E-state index contributed by atoms with van der Waals surface area (Å²) in [5, 5.41) is 9.24. The van der Waals surface area contributed by atoms with Gasteiger partial charge in [-0.05, 0) is 31.5 Å². The largest absolute Gasteiger partial charge is 0.394 e. The summed E-state index contributed by atoms with van der Waals surface area (Å²) < 4.78 is 18.8. The molecule has 1 amide bonds. The summed E-state index contributed by atoms with van der Waals surface area (Å²) in [6.45, 7) is 3.95. The summed E-state index contributed by atoms with van der Waals surface area (Å²) in [7, 11) is 0. The van der Waals surface area contributed by atoms with E-state index in [0.717, 1.165) is 6.07 Å². The Bertz CT molecular complexity index is 523. The molecule has 0 bridgehead atoms. The van der Waals surface area contributed by atoms with E-state index < -0.39 is 11.9 Å². The molecule has 0 aliphatic carbocycles. The molecule has 2 atom stereocenters. The quantitative estimate of drug-likeness (QED) is 0.909. The second-order valence-electron chi connectivity index (χ2n) is 5.03. The number of aliphatic hydroxyl groups excluding tert-OH is 1. The van der Waals surface area contributed by atoms with E-state index in [0.29, 0.717) is 18.7 Å². The van der Waals surface area contributed by atoms with Crippen LogP contribution in [0.3, 0.4) is 0 Å². The van der Waals surface area contributed by atoms with Gasteiger partial charge < -0.3 is 14.7 Å². The first-order valence-corrected chi connectivity index (χ1v) is 6.81. The number of rotatable bonds is 2. The van der Waals surface area contributed by atoms with Crippen LogP contribution in [0.1, 0.15) is 22.8 Å². The first-order valence-electron chi connectivity index (χ1n) is 6.43. The molecule has 0 saturated carbocycles. The van der Waals surface area contributed by atoms with Gasteiger partial charge in [-0.2, -0.15) is 0 Å². The summed E-state index contributed by atoms with van der Waals surface area (Å²) in [6, 6.07) is 2.49. The molecule has 1 N–H and O–H groups in total. The average molecular weight is 302 g/mol. The average Bonchev–Trinajstić information content (AvgIpc) is 2.42. The van der Waals surface area contributed by atoms with Gasteiger partial charge in [-0.3, -0.25) is 4.79 Å². The predicted molar refractivity (Wildman–Crippen MR) is 73.5 cm³/mol. The summed E-state index contributed by atoms with van der Waals surface area (Å²) in [4.78, 5) is 14.1. The number of carbonyl (C=O) groups is 1. The van der Waals surface area contributed by atoms with Crippen LogP contribution in [-0.2, 0) is 4.74 Å². The zero-order valence-electron chi connectivity index (χ0n) is 11.4. The number of carbonyl (C=O) groups excluding carboxylic acids is 1. The van der Waals surface area contributed by atoms with Crippen molar-refractivity contribution in [1.29, 1.82) is 0 Å². The highest BCUT2D eigenvalue weighted by molar-refractivity contribution is 6.33. The minimum Gasteiger partial charge on any atom is -0.394 e. The highest BCUT2D eigenvalue weighted by Gasteiger charge is 2.31. The minimum absolute atomic E-state index is 0.0948. The van der Waals surface area contributed by atoms with E-state index >= 15 is 0 Å². The normalized spacial score (nSPS) is 22.9. The van der Waals surface area contributed by atoms with Gasteiger partial charge in [0.1, 0.15) is 5.82 Å². The highest BCUT2D eigenvalue weighted by Crippen LogP contribution is 2.24. The molecule has 1 aromatic rings. The number of aryl methyl sites for hydroxylation is 1. The first-order chi connectivity index (χ1) is 9.43. The van der Waals surface area contributed by atoms with Crippen molar-refractivity contribution in [2.45, 2.75) is 26.0 Å². The Balaban J connectivity index is 2.28. The maximum atomic E-state index is 13.4. The standard InChI is InChI=1S/C14H17ClFNO3/c1-8-3-11(12(15)4-13(8)16)14(19)17-5-10(6-18)20-7-9(17)2/h3-4,9-10,18H,5-7H2,1-2H3/t9-,10+/m0/s1. The van der Waals surface area contributed by atoms with E-state index in [2.05, 4.69) is 0 Å². The van der Waals surface area contributed by atoms with E-state index in [1.165, 1.54) is 6.07 Å². The van der Waals surface area contributed by atoms with Crippen molar-refractivity contribution < 1.29 is 19.0 Å². The first kappa shape index (κ1) is 15.2. The lowest BCUT2D eigenvalue weighted by Gasteiger charge is -2.37. The molecule has 1 aromatic carbocycles. The van der Waals surface area contributed by atoms with Crippen molar-refractivity contribution in [1.82, 2.24) is 4.90 Å². The minimum atomic E-state index is -0.435. The number of ether oxygens (including phenoxy) is 1. The van der Waals surface area contributed by atoms with E-state index in [4.69, 9.17) is 21.4 Å². The summed E-state index contributed by atoms with van der Waals surface area (Å²) >= 11 is 5.97. The summed E-state index contributed by atoms with van der Waals surface area (Å²) in [6.07, 6.45) is -0.393.